The van der Waals surface area contributed by atoms with E-state index in [0.29, 0.717) is 12.1 Å². The molecule has 2 bridgehead atoms. The average molecular weight is 296 g/mol. The first kappa shape index (κ1) is 15.3. The maximum atomic E-state index is 11.2. The number of hydrogen-bond donors (Lipinski definition) is 1. The van der Waals surface area contributed by atoms with Crippen LogP contribution in [0.15, 0.2) is 30.3 Å². The first-order valence-corrected chi connectivity index (χ1v) is 7.26. The van der Waals surface area contributed by atoms with E-state index in [-0.39, 0.29) is 18.3 Å². The van der Waals surface area contributed by atoms with Gasteiger partial charge in [0.25, 0.3) is 0 Å². The van der Waals surface area contributed by atoms with Crippen LogP contribution in [0.5, 0.6) is 0 Å². The van der Waals surface area contributed by atoms with Gasteiger partial charge in [-0.05, 0) is 31.2 Å². The van der Waals surface area contributed by atoms with Crippen LogP contribution in [0.2, 0.25) is 0 Å². The van der Waals surface area contributed by atoms with Crippen molar-refractivity contribution in [1.82, 2.24) is 4.90 Å². The molecule has 0 aromatic heterocycles. The van der Waals surface area contributed by atoms with Gasteiger partial charge in [-0.2, -0.15) is 0 Å². The van der Waals surface area contributed by atoms with Crippen molar-refractivity contribution in [2.45, 2.75) is 50.7 Å². The van der Waals surface area contributed by atoms with E-state index < -0.39 is 5.97 Å². The molecule has 2 aliphatic heterocycles. The molecule has 20 heavy (non-hydrogen) atoms. The fourth-order valence-electron chi connectivity index (χ4n) is 3.73. The molecule has 2 heterocycles. The van der Waals surface area contributed by atoms with Gasteiger partial charge in [0.1, 0.15) is 0 Å². The Balaban J connectivity index is 0.00000147. The molecule has 0 amide bonds. The Hall–Kier alpha value is -1.06. The lowest BCUT2D eigenvalue weighted by atomic mass is 9.78. The monoisotopic (exact) mass is 295 g/mol. The minimum atomic E-state index is -0.601. The Labute approximate surface area is 126 Å². The number of piperidine rings is 2. The number of benzene rings is 1. The number of carboxylic acid groups (broad SMARTS) is 1. The number of rotatable bonds is 3. The Morgan fingerprint density at radius 2 is 1.75 bits per heavy atom. The highest BCUT2D eigenvalue weighted by Crippen LogP contribution is 2.37. The molecule has 2 atom stereocenters. The molecular formula is C16H22ClNO2. The van der Waals surface area contributed by atoms with E-state index in [1.807, 2.05) is 6.07 Å². The van der Waals surface area contributed by atoms with E-state index >= 15 is 0 Å². The summed E-state index contributed by atoms with van der Waals surface area (Å²) in [6, 6.07) is 11.5. The van der Waals surface area contributed by atoms with E-state index in [2.05, 4.69) is 29.2 Å². The summed E-state index contributed by atoms with van der Waals surface area (Å²) in [6.07, 6.45) is 5.24. The molecular weight excluding hydrogens is 274 g/mol. The molecule has 0 spiro atoms. The van der Waals surface area contributed by atoms with E-state index in [0.717, 1.165) is 32.2 Å². The van der Waals surface area contributed by atoms with Gasteiger partial charge in [0, 0.05) is 18.6 Å². The van der Waals surface area contributed by atoms with Crippen molar-refractivity contribution >= 4 is 18.4 Å². The molecule has 0 aliphatic carbocycles. The number of carboxylic acids is 1. The molecule has 2 saturated heterocycles. The van der Waals surface area contributed by atoms with E-state index in [9.17, 15) is 9.90 Å². The van der Waals surface area contributed by atoms with Crippen LogP contribution in [-0.2, 0) is 11.3 Å². The van der Waals surface area contributed by atoms with Crippen molar-refractivity contribution in [3.8, 4) is 0 Å². The second-order valence-corrected chi connectivity index (χ2v) is 5.90. The quantitative estimate of drug-likeness (QED) is 0.930. The number of aliphatic carboxylic acids is 1. The summed E-state index contributed by atoms with van der Waals surface area (Å²) < 4.78 is 0. The zero-order valence-electron chi connectivity index (χ0n) is 11.6. The number of hydrogen-bond acceptors (Lipinski definition) is 2. The topological polar surface area (TPSA) is 40.5 Å². The van der Waals surface area contributed by atoms with E-state index in [4.69, 9.17) is 0 Å². The standard InChI is InChI=1S/C16H21NO2.ClH/c18-16(19)13-9-14-7-4-8-15(10-13)17(14)11-12-5-2-1-3-6-12;/h1-3,5-6,13-15H,4,7-11H2,(H,18,19);1H. The fraction of sp³-hybridized carbons (Fsp3) is 0.562. The summed E-state index contributed by atoms with van der Waals surface area (Å²) in [6.45, 7) is 0.975. The van der Waals surface area contributed by atoms with Crippen LogP contribution in [-0.4, -0.2) is 28.1 Å². The molecule has 0 saturated carbocycles. The predicted octanol–water partition coefficient (Wildman–Crippen LogP) is 3.33. The smallest absolute Gasteiger partial charge is 0.306 e. The normalized spacial score (nSPS) is 29.5. The summed E-state index contributed by atoms with van der Waals surface area (Å²) >= 11 is 0. The summed E-state index contributed by atoms with van der Waals surface area (Å²) in [4.78, 5) is 13.8. The molecule has 3 rings (SSSR count). The van der Waals surface area contributed by atoms with Crippen molar-refractivity contribution in [2.75, 3.05) is 0 Å². The lowest BCUT2D eigenvalue weighted by Crippen LogP contribution is -2.52. The minimum absolute atomic E-state index is 0. The van der Waals surface area contributed by atoms with Gasteiger partial charge in [0.15, 0.2) is 0 Å². The molecule has 110 valence electrons. The number of carbonyl (C=O) groups is 1. The highest BCUT2D eigenvalue weighted by molar-refractivity contribution is 5.85. The summed E-state index contributed by atoms with van der Waals surface area (Å²) in [7, 11) is 0. The zero-order chi connectivity index (χ0) is 13.2. The number of halogens is 1. The van der Waals surface area contributed by atoms with Gasteiger partial charge in [-0.1, -0.05) is 36.8 Å². The minimum Gasteiger partial charge on any atom is -0.481 e. The second-order valence-electron chi connectivity index (χ2n) is 5.90. The molecule has 3 nitrogen and oxygen atoms in total. The molecule has 2 unspecified atom stereocenters. The van der Waals surface area contributed by atoms with Crippen LogP contribution in [0, 0.1) is 5.92 Å². The lowest BCUT2D eigenvalue weighted by Gasteiger charge is -2.48. The predicted molar refractivity (Wildman–Crippen MR) is 81.0 cm³/mol. The fourth-order valence-corrected chi connectivity index (χ4v) is 3.73. The Morgan fingerprint density at radius 1 is 1.15 bits per heavy atom. The summed E-state index contributed by atoms with van der Waals surface area (Å²) in [5.74, 6) is -0.724. The van der Waals surface area contributed by atoms with Gasteiger partial charge < -0.3 is 5.11 Å². The van der Waals surface area contributed by atoms with Gasteiger partial charge in [-0.15, -0.1) is 12.4 Å². The maximum absolute atomic E-state index is 11.2. The largest absolute Gasteiger partial charge is 0.481 e. The molecule has 1 N–H and O–H groups in total. The number of fused-ring (bicyclic) bond motifs is 2. The molecule has 2 fully saturated rings. The molecule has 4 heteroatoms. The SMILES string of the molecule is Cl.O=C(O)C1CC2CCCC(C1)N2Cc1ccccc1. The van der Waals surface area contributed by atoms with Crippen molar-refractivity contribution in [3.63, 3.8) is 0 Å². The van der Waals surface area contributed by atoms with Gasteiger partial charge in [-0.25, -0.2) is 0 Å². The average Bonchev–Trinajstić information content (AvgIpc) is 2.39. The van der Waals surface area contributed by atoms with Crippen molar-refractivity contribution in [2.24, 2.45) is 5.92 Å². The Bertz CT molecular complexity index is 437. The highest BCUT2D eigenvalue weighted by atomic mass is 35.5. The third-order valence-corrected chi connectivity index (χ3v) is 4.68. The molecule has 1 aromatic carbocycles. The van der Waals surface area contributed by atoms with Crippen LogP contribution in [0.3, 0.4) is 0 Å². The first-order valence-electron chi connectivity index (χ1n) is 7.26. The van der Waals surface area contributed by atoms with Crippen LogP contribution in [0.25, 0.3) is 0 Å². The Morgan fingerprint density at radius 3 is 2.30 bits per heavy atom. The zero-order valence-corrected chi connectivity index (χ0v) is 12.4. The van der Waals surface area contributed by atoms with Gasteiger partial charge >= 0.3 is 5.97 Å². The number of nitrogens with zero attached hydrogens (tertiary/aromatic N) is 1. The third-order valence-electron chi connectivity index (χ3n) is 4.68. The highest BCUT2D eigenvalue weighted by Gasteiger charge is 2.40. The van der Waals surface area contributed by atoms with E-state index in [1.165, 1.54) is 12.0 Å². The summed E-state index contributed by atoms with van der Waals surface area (Å²) in [5, 5.41) is 9.25. The summed E-state index contributed by atoms with van der Waals surface area (Å²) in [5.41, 5.74) is 1.34. The molecule has 1 aromatic rings. The van der Waals surface area contributed by atoms with Gasteiger partial charge in [0.2, 0.25) is 0 Å². The third kappa shape index (κ3) is 3.15. The van der Waals surface area contributed by atoms with Crippen LogP contribution < -0.4 is 0 Å². The van der Waals surface area contributed by atoms with Crippen molar-refractivity contribution < 1.29 is 9.90 Å². The van der Waals surface area contributed by atoms with Crippen LogP contribution >= 0.6 is 12.4 Å². The van der Waals surface area contributed by atoms with Crippen LogP contribution in [0.1, 0.15) is 37.7 Å². The van der Waals surface area contributed by atoms with Gasteiger partial charge in [-0.3, -0.25) is 9.69 Å². The van der Waals surface area contributed by atoms with Crippen LogP contribution in [0.4, 0.5) is 0 Å². The Kier molecular flexibility index (Phi) is 5.06. The van der Waals surface area contributed by atoms with E-state index in [1.54, 1.807) is 0 Å². The van der Waals surface area contributed by atoms with Gasteiger partial charge in [0.05, 0.1) is 5.92 Å². The first-order chi connectivity index (χ1) is 9.24. The van der Waals surface area contributed by atoms with Crippen molar-refractivity contribution in [3.05, 3.63) is 35.9 Å². The van der Waals surface area contributed by atoms with Crippen molar-refractivity contribution in [1.29, 1.82) is 0 Å². The second kappa shape index (κ2) is 6.59. The lowest BCUT2D eigenvalue weighted by molar-refractivity contribution is -0.146. The molecule has 2 aliphatic rings. The maximum Gasteiger partial charge on any atom is 0.306 e. The molecule has 0 radical (unpaired) electrons.